The van der Waals surface area contributed by atoms with E-state index in [2.05, 4.69) is 24.2 Å². The maximum absolute atomic E-state index is 10.9. The Morgan fingerprint density at radius 2 is 2.20 bits per heavy atom. The molecule has 0 spiro atoms. The third-order valence-electron chi connectivity index (χ3n) is 3.75. The highest BCUT2D eigenvalue weighted by molar-refractivity contribution is 5.55. The summed E-state index contributed by atoms with van der Waals surface area (Å²) >= 11 is 0. The van der Waals surface area contributed by atoms with Gasteiger partial charge in [0.15, 0.2) is 0 Å². The summed E-state index contributed by atoms with van der Waals surface area (Å²) in [7, 11) is 0. The number of benzene rings is 1. The lowest BCUT2D eigenvalue weighted by Crippen LogP contribution is -2.32. The van der Waals surface area contributed by atoms with Crippen molar-refractivity contribution in [2.45, 2.75) is 39.3 Å². The van der Waals surface area contributed by atoms with Crippen LogP contribution in [0.25, 0.3) is 0 Å². The lowest BCUT2D eigenvalue weighted by atomic mass is 10.1. The number of anilines is 1. The van der Waals surface area contributed by atoms with Gasteiger partial charge < -0.3 is 5.43 Å². The van der Waals surface area contributed by atoms with Gasteiger partial charge in [-0.1, -0.05) is 0 Å². The van der Waals surface area contributed by atoms with Crippen LogP contribution in [-0.2, 0) is 6.54 Å². The molecule has 1 aliphatic rings. The zero-order chi connectivity index (χ0) is 14.7. The Hall–Kier alpha value is -1.66. The van der Waals surface area contributed by atoms with Crippen LogP contribution in [0.15, 0.2) is 18.2 Å². The fourth-order valence-electron chi connectivity index (χ4n) is 2.27. The number of nitro benzene ring substituents is 1. The summed E-state index contributed by atoms with van der Waals surface area (Å²) in [6, 6.07) is 5.15. The highest BCUT2D eigenvalue weighted by atomic mass is 16.6. The number of nitro groups is 1. The Morgan fingerprint density at radius 1 is 1.50 bits per heavy atom. The minimum Gasteiger partial charge on any atom is -0.324 e. The molecule has 1 aliphatic carbocycles. The highest BCUT2D eigenvalue weighted by Gasteiger charge is 2.26. The van der Waals surface area contributed by atoms with Crippen LogP contribution in [0.4, 0.5) is 11.4 Å². The number of hydrazine groups is 1. The summed E-state index contributed by atoms with van der Waals surface area (Å²) < 4.78 is 0. The van der Waals surface area contributed by atoms with Crippen LogP contribution in [0.5, 0.6) is 0 Å². The molecular weight excluding hydrogens is 256 g/mol. The smallest absolute Gasteiger partial charge is 0.269 e. The molecule has 0 radical (unpaired) electrons. The van der Waals surface area contributed by atoms with E-state index in [0.29, 0.717) is 12.6 Å². The van der Waals surface area contributed by atoms with E-state index in [1.54, 1.807) is 12.1 Å². The molecule has 1 aromatic rings. The lowest BCUT2D eigenvalue weighted by Gasteiger charge is -2.27. The summed E-state index contributed by atoms with van der Waals surface area (Å²) in [4.78, 5) is 12.9. The van der Waals surface area contributed by atoms with Crippen molar-refractivity contribution in [3.8, 4) is 0 Å². The van der Waals surface area contributed by atoms with Crippen molar-refractivity contribution in [2.75, 3.05) is 12.0 Å². The molecule has 0 heterocycles. The molecule has 0 bridgehead atoms. The molecule has 0 atom stereocenters. The van der Waals surface area contributed by atoms with Crippen molar-refractivity contribution in [1.82, 2.24) is 4.90 Å². The Morgan fingerprint density at radius 3 is 2.70 bits per heavy atom. The van der Waals surface area contributed by atoms with Gasteiger partial charge in [-0.25, -0.2) is 0 Å². The Balaban J connectivity index is 2.19. The van der Waals surface area contributed by atoms with Gasteiger partial charge in [0.1, 0.15) is 0 Å². The number of non-ortho nitro benzene ring substituents is 1. The summed E-state index contributed by atoms with van der Waals surface area (Å²) in [5.74, 6) is 6.29. The SMILES string of the molecule is CC(C)N(Cc1cc([N+](=O)[O-])ccc1NN)CC1CC1. The van der Waals surface area contributed by atoms with Gasteiger partial charge in [0.2, 0.25) is 0 Å². The summed E-state index contributed by atoms with van der Waals surface area (Å²) in [6.07, 6.45) is 2.58. The Kier molecular flexibility index (Phi) is 4.57. The third-order valence-corrected chi connectivity index (χ3v) is 3.75. The van der Waals surface area contributed by atoms with Gasteiger partial charge in [0.25, 0.3) is 5.69 Å². The maximum atomic E-state index is 10.9. The minimum atomic E-state index is -0.371. The van der Waals surface area contributed by atoms with Crippen LogP contribution >= 0.6 is 0 Å². The van der Waals surface area contributed by atoms with E-state index in [0.717, 1.165) is 23.7 Å². The molecule has 3 N–H and O–H groups in total. The van der Waals surface area contributed by atoms with Crippen molar-refractivity contribution in [3.63, 3.8) is 0 Å². The minimum absolute atomic E-state index is 0.106. The molecule has 2 rings (SSSR count). The van der Waals surface area contributed by atoms with Crippen LogP contribution in [0.2, 0.25) is 0 Å². The molecule has 1 aromatic carbocycles. The third kappa shape index (κ3) is 3.68. The first-order valence-electron chi connectivity index (χ1n) is 6.99. The van der Waals surface area contributed by atoms with Crippen LogP contribution in [0.3, 0.4) is 0 Å². The average molecular weight is 278 g/mol. The van der Waals surface area contributed by atoms with Crippen LogP contribution in [-0.4, -0.2) is 22.4 Å². The molecule has 20 heavy (non-hydrogen) atoms. The van der Waals surface area contributed by atoms with Gasteiger partial charge >= 0.3 is 0 Å². The van der Waals surface area contributed by atoms with E-state index in [-0.39, 0.29) is 10.6 Å². The fourth-order valence-corrected chi connectivity index (χ4v) is 2.27. The first-order chi connectivity index (χ1) is 9.51. The second-order valence-electron chi connectivity index (χ2n) is 5.71. The molecule has 6 nitrogen and oxygen atoms in total. The van der Waals surface area contributed by atoms with E-state index >= 15 is 0 Å². The molecule has 0 unspecified atom stereocenters. The second kappa shape index (κ2) is 6.19. The predicted octanol–water partition coefficient (Wildman–Crippen LogP) is 2.50. The number of nitrogens with two attached hydrogens (primary N) is 1. The maximum Gasteiger partial charge on any atom is 0.269 e. The molecule has 0 aromatic heterocycles. The molecule has 1 saturated carbocycles. The zero-order valence-corrected chi connectivity index (χ0v) is 12.0. The van der Waals surface area contributed by atoms with Gasteiger partial charge in [-0.3, -0.25) is 20.9 Å². The van der Waals surface area contributed by atoms with E-state index in [4.69, 9.17) is 5.84 Å². The average Bonchev–Trinajstić information content (AvgIpc) is 3.21. The standard InChI is InChI=1S/C14H22N4O2/c1-10(2)17(8-11-3-4-11)9-12-7-13(18(19)20)5-6-14(12)16-15/h5-7,10-11,16H,3-4,8-9,15H2,1-2H3. The Bertz CT molecular complexity index is 486. The number of nitrogens with zero attached hydrogens (tertiary/aromatic N) is 2. The molecule has 6 heteroatoms. The van der Waals surface area contributed by atoms with Gasteiger partial charge in [-0.2, -0.15) is 0 Å². The van der Waals surface area contributed by atoms with E-state index in [1.165, 1.54) is 18.9 Å². The highest BCUT2D eigenvalue weighted by Crippen LogP contribution is 2.31. The summed E-state index contributed by atoms with van der Waals surface area (Å²) in [5, 5.41) is 10.9. The Labute approximate surface area is 119 Å². The van der Waals surface area contributed by atoms with Gasteiger partial charge in [-0.15, -0.1) is 0 Å². The molecule has 0 aliphatic heterocycles. The zero-order valence-electron chi connectivity index (χ0n) is 12.0. The van der Waals surface area contributed by atoms with Gasteiger partial charge in [0.05, 0.1) is 10.6 Å². The summed E-state index contributed by atoms with van der Waals surface area (Å²) in [6.45, 7) is 6.02. The molecular formula is C14H22N4O2. The fraction of sp³-hybridized carbons (Fsp3) is 0.571. The molecule has 0 saturated heterocycles. The monoisotopic (exact) mass is 278 g/mol. The number of hydrogen-bond acceptors (Lipinski definition) is 5. The first-order valence-corrected chi connectivity index (χ1v) is 6.99. The number of rotatable bonds is 7. The van der Waals surface area contributed by atoms with E-state index < -0.39 is 0 Å². The topological polar surface area (TPSA) is 84.4 Å². The molecule has 1 fully saturated rings. The van der Waals surface area contributed by atoms with Crippen LogP contribution in [0.1, 0.15) is 32.3 Å². The quantitative estimate of drug-likeness (QED) is 0.455. The van der Waals surface area contributed by atoms with Crippen molar-refractivity contribution in [3.05, 3.63) is 33.9 Å². The molecule has 110 valence electrons. The molecule has 0 amide bonds. The lowest BCUT2D eigenvalue weighted by molar-refractivity contribution is -0.384. The van der Waals surface area contributed by atoms with Crippen molar-refractivity contribution in [2.24, 2.45) is 11.8 Å². The largest absolute Gasteiger partial charge is 0.324 e. The number of hydrogen-bond donors (Lipinski definition) is 2. The van der Waals surface area contributed by atoms with Crippen molar-refractivity contribution in [1.29, 1.82) is 0 Å². The summed E-state index contributed by atoms with van der Waals surface area (Å²) in [5.41, 5.74) is 4.35. The second-order valence-corrected chi connectivity index (χ2v) is 5.71. The normalized spacial score (nSPS) is 14.8. The van der Waals surface area contributed by atoms with E-state index in [1.807, 2.05) is 0 Å². The van der Waals surface area contributed by atoms with Crippen LogP contribution in [0, 0.1) is 16.0 Å². The number of nitrogens with one attached hydrogen (secondary N) is 1. The van der Waals surface area contributed by atoms with Crippen molar-refractivity contribution < 1.29 is 4.92 Å². The van der Waals surface area contributed by atoms with Gasteiger partial charge in [-0.05, 0) is 44.2 Å². The van der Waals surface area contributed by atoms with Crippen molar-refractivity contribution >= 4 is 11.4 Å². The van der Waals surface area contributed by atoms with Crippen LogP contribution < -0.4 is 11.3 Å². The predicted molar refractivity (Wildman–Crippen MR) is 79.2 cm³/mol. The number of nitrogen functional groups attached to an aromatic ring is 1. The van der Waals surface area contributed by atoms with E-state index in [9.17, 15) is 10.1 Å². The van der Waals surface area contributed by atoms with Gasteiger partial charge in [0, 0.05) is 31.3 Å². The first kappa shape index (κ1) is 14.7.